The third kappa shape index (κ3) is 4.44. The van der Waals surface area contributed by atoms with E-state index in [9.17, 15) is 0 Å². The lowest BCUT2D eigenvalue weighted by molar-refractivity contribution is 0.259. The zero-order valence-electron chi connectivity index (χ0n) is 13.1. The number of aromatic nitrogens is 2. The highest BCUT2D eigenvalue weighted by Gasteiger charge is 2.07. The minimum Gasteiger partial charge on any atom is -0.473 e. The number of nitrogens with two attached hydrogens (primary N) is 1. The summed E-state index contributed by atoms with van der Waals surface area (Å²) in [6.07, 6.45) is 0. The van der Waals surface area contributed by atoms with Crippen LogP contribution in [-0.2, 0) is 13.2 Å². The Morgan fingerprint density at radius 1 is 0.792 bits per heavy atom. The van der Waals surface area contributed by atoms with Crippen molar-refractivity contribution < 1.29 is 9.47 Å². The molecule has 0 unspecified atom stereocenters. The highest BCUT2D eigenvalue weighted by molar-refractivity contribution is 5.38. The summed E-state index contributed by atoms with van der Waals surface area (Å²) in [5.41, 5.74) is 4.57. The number of hydrogen-bond acceptors (Lipinski definition) is 6. The fourth-order valence-corrected chi connectivity index (χ4v) is 2.07. The zero-order valence-corrected chi connectivity index (χ0v) is 13.1. The molecule has 1 heterocycles. The van der Waals surface area contributed by atoms with Crippen LogP contribution in [0.3, 0.4) is 0 Å². The van der Waals surface area contributed by atoms with Gasteiger partial charge >= 0.3 is 6.01 Å². The van der Waals surface area contributed by atoms with Gasteiger partial charge in [0.05, 0.1) is 0 Å². The first-order chi connectivity index (χ1) is 11.8. The van der Waals surface area contributed by atoms with E-state index < -0.39 is 0 Å². The van der Waals surface area contributed by atoms with E-state index in [1.807, 2.05) is 60.7 Å². The molecule has 0 aliphatic carbocycles. The number of ether oxygens (including phenoxy) is 2. The smallest absolute Gasteiger partial charge is 0.322 e. The van der Waals surface area contributed by atoms with E-state index in [1.165, 1.54) is 0 Å². The van der Waals surface area contributed by atoms with Gasteiger partial charge in [-0.2, -0.15) is 9.97 Å². The van der Waals surface area contributed by atoms with Crippen LogP contribution in [0.5, 0.6) is 11.9 Å². The van der Waals surface area contributed by atoms with Crippen LogP contribution in [0, 0.1) is 0 Å². The predicted molar refractivity (Wildman–Crippen MR) is 91.4 cm³/mol. The summed E-state index contributed by atoms with van der Waals surface area (Å²) in [6.45, 7) is 0.771. The molecule has 6 heteroatoms. The molecule has 3 rings (SSSR count). The summed E-state index contributed by atoms with van der Waals surface area (Å²) in [4.78, 5) is 8.43. The Balaban J connectivity index is 1.68. The Morgan fingerprint density at radius 3 is 1.96 bits per heavy atom. The van der Waals surface area contributed by atoms with Crippen LogP contribution in [0.1, 0.15) is 11.1 Å². The number of anilines is 1. The second-order valence-electron chi connectivity index (χ2n) is 5.07. The van der Waals surface area contributed by atoms with Crippen LogP contribution in [0.25, 0.3) is 0 Å². The van der Waals surface area contributed by atoms with Gasteiger partial charge in [-0.15, -0.1) is 0 Å². The Labute approximate surface area is 140 Å². The minimum atomic E-state index is 0.206. The largest absolute Gasteiger partial charge is 0.473 e. The van der Waals surface area contributed by atoms with Crippen molar-refractivity contribution in [3.05, 3.63) is 77.9 Å². The molecule has 0 fully saturated rings. The maximum Gasteiger partial charge on any atom is 0.322 e. The van der Waals surface area contributed by atoms with E-state index in [-0.39, 0.29) is 6.01 Å². The molecule has 2 aromatic carbocycles. The molecule has 0 saturated carbocycles. The van der Waals surface area contributed by atoms with E-state index in [0.29, 0.717) is 24.9 Å². The van der Waals surface area contributed by atoms with Crippen molar-refractivity contribution in [3.63, 3.8) is 0 Å². The molecule has 3 aromatic rings. The molecule has 0 saturated heterocycles. The maximum absolute atomic E-state index is 5.70. The number of hydrazine groups is 1. The lowest BCUT2D eigenvalue weighted by Gasteiger charge is -2.10. The standard InChI is InChI=1S/C18H18N4O2/c19-22-16-11-17(23-12-14-7-3-1-4-8-14)21-18(20-16)24-13-15-9-5-2-6-10-15/h1-11H,12-13,19H2,(H,20,21,22). The molecule has 0 spiro atoms. The predicted octanol–water partition coefficient (Wildman–Crippen LogP) is 2.92. The number of nitrogens with one attached hydrogen (secondary N) is 1. The lowest BCUT2D eigenvalue weighted by atomic mass is 10.2. The molecule has 1 aromatic heterocycles. The Kier molecular flexibility index (Phi) is 5.21. The van der Waals surface area contributed by atoms with Crippen LogP contribution < -0.4 is 20.7 Å². The van der Waals surface area contributed by atoms with Gasteiger partial charge in [0.25, 0.3) is 0 Å². The fraction of sp³-hybridized carbons (Fsp3) is 0.111. The van der Waals surface area contributed by atoms with Gasteiger partial charge in [-0.05, 0) is 11.1 Å². The molecule has 0 aliphatic heterocycles. The number of rotatable bonds is 7. The Bertz CT molecular complexity index is 705. The van der Waals surface area contributed by atoms with Gasteiger partial charge in [-0.3, -0.25) is 0 Å². The van der Waals surface area contributed by atoms with E-state index in [0.717, 1.165) is 11.1 Å². The van der Waals surface area contributed by atoms with E-state index in [2.05, 4.69) is 15.4 Å². The average Bonchev–Trinajstić information content (AvgIpc) is 2.66. The van der Waals surface area contributed by atoms with Crippen LogP contribution >= 0.6 is 0 Å². The summed E-state index contributed by atoms with van der Waals surface area (Å²) in [6, 6.07) is 21.5. The van der Waals surface area contributed by atoms with Gasteiger partial charge in [0, 0.05) is 6.07 Å². The Morgan fingerprint density at radius 2 is 1.38 bits per heavy atom. The maximum atomic E-state index is 5.70. The van der Waals surface area contributed by atoms with Crippen molar-refractivity contribution >= 4 is 5.82 Å². The van der Waals surface area contributed by atoms with Crippen LogP contribution in [0.2, 0.25) is 0 Å². The van der Waals surface area contributed by atoms with Crippen molar-refractivity contribution in [1.82, 2.24) is 9.97 Å². The van der Waals surface area contributed by atoms with Crippen LogP contribution in [0.15, 0.2) is 66.7 Å². The van der Waals surface area contributed by atoms with Crippen molar-refractivity contribution in [3.8, 4) is 11.9 Å². The van der Waals surface area contributed by atoms with Crippen molar-refractivity contribution in [1.29, 1.82) is 0 Å². The van der Waals surface area contributed by atoms with Gasteiger partial charge < -0.3 is 14.9 Å². The first kappa shape index (κ1) is 15.8. The molecule has 0 radical (unpaired) electrons. The number of nitrogens with zero attached hydrogens (tertiary/aromatic N) is 2. The quantitative estimate of drug-likeness (QED) is 0.514. The molecular weight excluding hydrogens is 304 g/mol. The SMILES string of the molecule is NNc1cc(OCc2ccccc2)nc(OCc2ccccc2)n1. The third-order valence-corrected chi connectivity index (χ3v) is 3.27. The lowest BCUT2D eigenvalue weighted by Crippen LogP contribution is -2.11. The molecule has 0 atom stereocenters. The number of nitrogen functional groups attached to an aromatic ring is 1. The first-order valence-electron chi connectivity index (χ1n) is 7.52. The summed E-state index contributed by atoms with van der Waals surface area (Å²) < 4.78 is 11.3. The van der Waals surface area contributed by atoms with E-state index >= 15 is 0 Å². The van der Waals surface area contributed by atoms with Gasteiger partial charge in [0.15, 0.2) is 5.82 Å². The van der Waals surface area contributed by atoms with Crippen molar-refractivity contribution in [2.45, 2.75) is 13.2 Å². The summed E-state index contributed by atoms with van der Waals surface area (Å²) in [7, 11) is 0. The molecule has 3 N–H and O–H groups in total. The zero-order chi connectivity index (χ0) is 16.6. The second-order valence-corrected chi connectivity index (χ2v) is 5.07. The summed E-state index contributed by atoms with van der Waals surface area (Å²) in [5.74, 6) is 6.27. The Hall–Kier alpha value is -3.12. The average molecular weight is 322 g/mol. The molecular formula is C18H18N4O2. The summed E-state index contributed by atoms with van der Waals surface area (Å²) >= 11 is 0. The van der Waals surface area contributed by atoms with Gasteiger partial charge in [-0.1, -0.05) is 60.7 Å². The summed E-state index contributed by atoms with van der Waals surface area (Å²) in [5, 5.41) is 0. The number of benzene rings is 2. The molecule has 0 amide bonds. The van der Waals surface area contributed by atoms with Crippen LogP contribution in [0.4, 0.5) is 5.82 Å². The normalized spacial score (nSPS) is 10.2. The van der Waals surface area contributed by atoms with Gasteiger partial charge in [0.1, 0.15) is 13.2 Å². The monoisotopic (exact) mass is 322 g/mol. The van der Waals surface area contributed by atoms with Crippen molar-refractivity contribution in [2.24, 2.45) is 5.84 Å². The van der Waals surface area contributed by atoms with Crippen molar-refractivity contribution in [2.75, 3.05) is 5.43 Å². The molecule has 0 aliphatic rings. The first-order valence-corrected chi connectivity index (χ1v) is 7.52. The van der Waals surface area contributed by atoms with Gasteiger partial charge in [0.2, 0.25) is 5.88 Å². The highest BCUT2D eigenvalue weighted by Crippen LogP contribution is 2.19. The van der Waals surface area contributed by atoms with E-state index in [4.69, 9.17) is 15.3 Å². The third-order valence-electron chi connectivity index (χ3n) is 3.27. The van der Waals surface area contributed by atoms with E-state index in [1.54, 1.807) is 6.07 Å². The molecule has 122 valence electrons. The minimum absolute atomic E-state index is 0.206. The molecule has 0 bridgehead atoms. The van der Waals surface area contributed by atoms with Crippen LogP contribution in [-0.4, -0.2) is 9.97 Å². The second kappa shape index (κ2) is 7.94. The topological polar surface area (TPSA) is 82.3 Å². The number of hydrogen-bond donors (Lipinski definition) is 2. The molecule has 6 nitrogen and oxygen atoms in total. The fourth-order valence-electron chi connectivity index (χ4n) is 2.07. The molecule has 24 heavy (non-hydrogen) atoms. The van der Waals surface area contributed by atoms with Gasteiger partial charge in [-0.25, -0.2) is 5.84 Å². The highest BCUT2D eigenvalue weighted by atomic mass is 16.5.